The first-order valence-corrected chi connectivity index (χ1v) is 3.80. The second-order valence-electron chi connectivity index (χ2n) is 2.44. The number of halogens is 1. The Labute approximate surface area is 76.0 Å². The number of nitrogens with zero attached hydrogens (tertiary/aromatic N) is 1. The number of amides is 3. The second-order valence-corrected chi connectivity index (χ2v) is 3.10. The fraction of sp³-hybridized carbons (Fsp3) is 0.667. The van der Waals surface area contributed by atoms with Gasteiger partial charge in [0.1, 0.15) is 5.38 Å². The molecule has 0 aliphatic rings. The van der Waals surface area contributed by atoms with Gasteiger partial charge in [0.25, 0.3) is 0 Å². The largest absolute Gasteiger partial charge is 0.335 e. The normalized spacial score (nSPS) is 12.4. The van der Waals surface area contributed by atoms with Crippen molar-refractivity contribution in [3.05, 3.63) is 0 Å². The molecule has 1 unspecified atom stereocenters. The summed E-state index contributed by atoms with van der Waals surface area (Å²) >= 11 is 5.40. The van der Waals surface area contributed by atoms with Gasteiger partial charge in [0.2, 0.25) is 5.91 Å². The Bertz CT molecular complexity index is 182. The van der Waals surface area contributed by atoms with Gasteiger partial charge in [-0.15, -0.1) is 11.6 Å². The van der Waals surface area contributed by atoms with Gasteiger partial charge in [-0.05, 0) is 6.92 Å². The molecule has 6 heteroatoms. The molecule has 2 N–H and O–H groups in total. The lowest BCUT2D eigenvalue weighted by Crippen LogP contribution is -2.47. The van der Waals surface area contributed by atoms with Crippen molar-refractivity contribution in [1.82, 2.24) is 15.8 Å². The van der Waals surface area contributed by atoms with Gasteiger partial charge in [0, 0.05) is 14.1 Å². The summed E-state index contributed by atoms with van der Waals surface area (Å²) in [4.78, 5) is 21.6. The summed E-state index contributed by atoms with van der Waals surface area (Å²) < 4.78 is 0. The van der Waals surface area contributed by atoms with E-state index >= 15 is 0 Å². The Kier molecular flexibility index (Phi) is 4.61. The predicted octanol–water partition coefficient (Wildman–Crippen LogP) is -0.0839. The molecule has 0 aromatic carbocycles. The van der Waals surface area contributed by atoms with Crippen LogP contribution in [-0.4, -0.2) is 36.4 Å². The number of nitrogens with one attached hydrogen (secondary N) is 2. The van der Waals surface area contributed by atoms with Crippen LogP contribution >= 0.6 is 11.6 Å². The highest BCUT2D eigenvalue weighted by molar-refractivity contribution is 6.31. The molecular formula is C6H12ClN3O2. The van der Waals surface area contributed by atoms with Crippen LogP contribution < -0.4 is 10.7 Å². The number of imide groups is 1. The summed E-state index contributed by atoms with van der Waals surface area (Å²) in [6, 6.07) is -0.586. The molecule has 0 rings (SSSR count). The standard InChI is InChI=1S/C6H12ClN3O2/c1-4(7)5(11)8-6(12)9-10(2)3/h4H,1-3H3,(H2,8,9,11,12). The van der Waals surface area contributed by atoms with E-state index in [2.05, 4.69) is 5.43 Å². The highest BCUT2D eigenvalue weighted by Crippen LogP contribution is 1.91. The van der Waals surface area contributed by atoms with Crippen molar-refractivity contribution in [2.45, 2.75) is 12.3 Å². The average Bonchev–Trinajstić information content (AvgIpc) is 1.84. The monoisotopic (exact) mass is 193 g/mol. The molecule has 0 aliphatic heterocycles. The minimum absolute atomic E-state index is 0.518. The molecule has 0 aromatic heterocycles. The highest BCUT2D eigenvalue weighted by atomic mass is 35.5. The van der Waals surface area contributed by atoms with Gasteiger partial charge in [-0.25, -0.2) is 9.80 Å². The number of carbonyl (C=O) groups excluding carboxylic acids is 2. The van der Waals surface area contributed by atoms with Crippen LogP contribution in [-0.2, 0) is 4.79 Å². The molecule has 0 aromatic rings. The number of hydrazine groups is 1. The molecule has 0 saturated heterocycles. The lowest BCUT2D eigenvalue weighted by Gasteiger charge is -2.12. The van der Waals surface area contributed by atoms with Gasteiger partial charge in [-0.2, -0.15) is 0 Å². The van der Waals surface area contributed by atoms with Crippen molar-refractivity contribution >= 4 is 23.5 Å². The minimum Gasteiger partial charge on any atom is -0.276 e. The molecular weight excluding hydrogens is 182 g/mol. The van der Waals surface area contributed by atoms with Crippen molar-refractivity contribution in [1.29, 1.82) is 0 Å². The number of urea groups is 1. The van der Waals surface area contributed by atoms with Gasteiger partial charge >= 0.3 is 6.03 Å². The number of carbonyl (C=O) groups is 2. The lowest BCUT2D eigenvalue weighted by atomic mass is 10.4. The third-order valence-electron chi connectivity index (χ3n) is 0.923. The Morgan fingerprint density at radius 2 is 1.92 bits per heavy atom. The molecule has 0 spiro atoms. The van der Waals surface area contributed by atoms with Crippen LogP contribution in [0.15, 0.2) is 0 Å². The Hall–Kier alpha value is -0.810. The van der Waals surface area contributed by atoms with Crippen molar-refractivity contribution in [3.63, 3.8) is 0 Å². The molecule has 5 nitrogen and oxygen atoms in total. The fourth-order valence-corrected chi connectivity index (χ4v) is 0.497. The van der Waals surface area contributed by atoms with Crippen molar-refractivity contribution in [2.24, 2.45) is 0 Å². The smallest absolute Gasteiger partial charge is 0.276 e. The quantitative estimate of drug-likeness (QED) is 0.476. The number of rotatable bonds is 2. The maximum absolute atomic E-state index is 10.8. The van der Waals surface area contributed by atoms with Crippen LogP contribution in [0.4, 0.5) is 4.79 Å². The van der Waals surface area contributed by atoms with Crippen LogP contribution in [0.5, 0.6) is 0 Å². The van der Waals surface area contributed by atoms with E-state index in [1.807, 2.05) is 5.32 Å². The number of hydrogen-bond donors (Lipinski definition) is 2. The van der Waals surface area contributed by atoms with Gasteiger partial charge in [0.15, 0.2) is 0 Å². The Morgan fingerprint density at radius 1 is 1.42 bits per heavy atom. The zero-order chi connectivity index (χ0) is 9.72. The van der Waals surface area contributed by atoms with E-state index in [9.17, 15) is 9.59 Å². The molecule has 0 bridgehead atoms. The lowest BCUT2D eigenvalue weighted by molar-refractivity contribution is -0.119. The molecule has 0 heterocycles. The van der Waals surface area contributed by atoms with Gasteiger partial charge < -0.3 is 0 Å². The van der Waals surface area contributed by atoms with E-state index in [0.29, 0.717) is 0 Å². The first-order valence-electron chi connectivity index (χ1n) is 3.36. The molecule has 12 heavy (non-hydrogen) atoms. The second kappa shape index (κ2) is 4.95. The van der Waals surface area contributed by atoms with Crippen molar-refractivity contribution in [2.75, 3.05) is 14.1 Å². The maximum atomic E-state index is 10.8. The summed E-state index contributed by atoms with van der Waals surface area (Å²) in [6.07, 6.45) is 0. The summed E-state index contributed by atoms with van der Waals surface area (Å²) in [5, 5.41) is 2.76. The average molecular weight is 194 g/mol. The third-order valence-corrected chi connectivity index (χ3v) is 1.12. The fourth-order valence-electron chi connectivity index (χ4n) is 0.442. The minimum atomic E-state index is -0.710. The van der Waals surface area contributed by atoms with E-state index in [0.717, 1.165) is 0 Å². The summed E-state index contributed by atoms with van der Waals surface area (Å²) in [5.74, 6) is -0.518. The van der Waals surface area contributed by atoms with Gasteiger partial charge in [0.05, 0.1) is 0 Å². The number of alkyl halides is 1. The Balaban J connectivity index is 3.77. The van der Waals surface area contributed by atoms with Crippen LogP contribution in [0.2, 0.25) is 0 Å². The molecule has 0 fully saturated rings. The van der Waals surface area contributed by atoms with Crippen molar-refractivity contribution < 1.29 is 9.59 Å². The SMILES string of the molecule is CC(Cl)C(=O)NC(=O)NN(C)C. The zero-order valence-electron chi connectivity index (χ0n) is 7.22. The Morgan fingerprint density at radius 3 is 2.25 bits per heavy atom. The summed E-state index contributed by atoms with van der Waals surface area (Å²) in [5.41, 5.74) is 2.33. The molecule has 0 aliphatic carbocycles. The highest BCUT2D eigenvalue weighted by Gasteiger charge is 2.12. The van der Waals surface area contributed by atoms with Gasteiger partial charge in [-0.3, -0.25) is 15.5 Å². The predicted molar refractivity (Wildman–Crippen MR) is 45.7 cm³/mol. The van der Waals surface area contributed by atoms with E-state index < -0.39 is 17.3 Å². The molecule has 3 amide bonds. The third kappa shape index (κ3) is 4.92. The van der Waals surface area contributed by atoms with Gasteiger partial charge in [-0.1, -0.05) is 0 Å². The van der Waals surface area contributed by atoms with Crippen LogP contribution in [0.3, 0.4) is 0 Å². The summed E-state index contributed by atoms with van der Waals surface area (Å²) in [7, 11) is 3.27. The molecule has 70 valence electrons. The first kappa shape index (κ1) is 11.2. The summed E-state index contributed by atoms with van der Waals surface area (Å²) in [6.45, 7) is 1.49. The van der Waals surface area contributed by atoms with Crippen LogP contribution in [0, 0.1) is 0 Å². The number of hydrogen-bond acceptors (Lipinski definition) is 3. The zero-order valence-corrected chi connectivity index (χ0v) is 7.97. The molecule has 0 radical (unpaired) electrons. The van der Waals surface area contributed by atoms with Crippen LogP contribution in [0.25, 0.3) is 0 Å². The van der Waals surface area contributed by atoms with E-state index in [-0.39, 0.29) is 0 Å². The molecule has 1 atom stereocenters. The van der Waals surface area contributed by atoms with E-state index in [1.165, 1.54) is 11.9 Å². The maximum Gasteiger partial charge on any atom is 0.335 e. The topological polar surface area (TPSA) is 61.4 Å². The molecule has 0 saturated carbocycles. The van der Waals surface area contributed by atoms with E-state index in [4.69, 9.17) is 11.6 Å². The van der Waals surface area contributed by atoms with Crippen LogP contribution in [0.1, 0.15) is 6.92 Å². The van der Waals surface area contributed by atoms with E-state index in [1.54, 1.807) is 14.1 Å². The van der Waals surface area contributed by atoms with Crippen molar-refractivity contribution in [3.8, 4) is 0 Å². The first-order chi connectivity index (χ1) is 5.43.